The van der Waals surface area contributed by atoms with E-state index in [2.05, 4.69) is 5.32 Å². The van der Waals surface area contributed by atoms with Crippen LogP contribution in [0.3, 0.4) is 0 Å². The molecule has 2 atom stereocenters. The number of fused-ring (bicyclic) bond motifs is 1. The summed E-state index contributed by atoms with van der Waals surface area (Å²) in [6, 6.07) is 15.6. The first kappa shape index (κ1) is 26.6. The molecule has 39 heavy (non-hydrogen) atoms. The molecule has 1 fully saturated rings. The van der Waals surface area contributed by atoms with Gasteiger partial charge in [0.1, 0.15) is 24.6 Å². The Hall–Kier alpha value is -4.04. The van der Waals surface area contributed by atoms with Crippen LogP contribution >= 0.6 is 11.6 Å². The molecule has 5 rings (SSSR count). The quantitative estimate of drug-likeness (QED) is 0.292. The van der Waals surface area contributed by atoms with Gasteiger partial charge in [-0.15, -0.1) is 0 Å². The van der Waals surface area contributed by atoms with E-state index < -0.39 is 29.8 Å². The Morgan fingerprint density at radius 1 is 1.05 bits per heavy atom. The molecule has 1 N–H and O–H groups in total. The van der Waals surface area contributed by atoms with Gasteiger partial charge in [0.15, 0.2) is 5.78 Å². The van der Waals surface area contributed by atoms with Gasteiger partial charge in [0.2, 0.25) is 11.8 Å². The van der Waals surface area contributed by atoms with E-state index >= 15 is 0 Å². The molecule has 200 valence electrons. The van der Waals surface area contributed by atoms with Crippen molar-refractivity contribution in [3.05, 3.63) is 88.8 Å². The summed E-state index contributed by atoms with van der Waals surface area (Å²) in [4.78, 5) is 40.2. The molecule has 1 aliphatic heterocycles. The van der Waals surface area contributed by atoms with E-state index in [0.717, 1.165) is 10.9 Å². The van der Waals surface area contributed by atoms with Crippen molar-refractivity contribution < 1.29 is 23.2 Å². The number of nitrogens with zero attached hydrogens (tertiary/aromatic N) is 2. The fraction of sp³-hybridized carbons (Fsp3) is 0.233. The summed E-state index contributed by atoms with van der Waals surface area (Å²) in [6.07, 6.45) is -0.0136. The average molecular weight is 550 g/mol. The number of ketones is 1. The van der Waals surface area contributed by atoms with Gasteiger partial charge in [-0.1, -0.05) is 53.6 Å². The number of likely N-dealkylation sites (tertiary alicyclic amines) is 1. The molecular weight excluding hydrogens is 524 g/mol. The monoisotopic (exact) mass is 549 g/mol. The highest BCUT2D eigenvalue weighted by atomic mass is 35.5. The first-order valence-corrected chi connectivity index (χ1v) is 12.9. The van der Waals surface area contributed by atoms with Crippen LogP contribution in [-0.4, -0.2) is 45.8 Å². The number of halogens is 3. The van der Waals surface area contributed by atoms with E-state index in [-0.39, 0.29) is 31.0 Å². The largest absolute Gasteiger partial charge is 0.337 e. The molecule has 0 radical (unpaired) electrons. The molecule has 0 aliphatic carbocycles. The number of anilines is 1. The minimum Gasteiger partial charge on any atom is -0.337 e. The van der Waals surface area contributed by atoms with E-state index in [0.29, 0.717) is 27.2 Å². The molecule has 1 aromatic heterocycles. The summed E-state index contributed by atoms with van der Waals surface area (Å²) in [5.74, 6) is -2.00. The van der Waals surface area contributed by atoms with Gasteiger partial charge in [-0.3, -0.25) is 14.4 Å². The number of carbonyl (C=O) groups is 3. The molecular formula is C30H26ClF2N3O3. The summed E-state index contributed by atoms with van der Waals surface area (Å²) >= 11 is 6.32. The number of hydrogen-bond acceptors (Lipinski definition) is 3. The number of carbonyl (C=O) groups excluding carboxylic acids is 3. The van der Waals surface area contributed by atoms with Crippen molar-refractivity contribution in [3.8, 4) is 11.1 Å². The van der Waals surface area contributed by atoms with Crippen molar-refractivity contribution in [1.29, 1.82) is 0 Å². The zero-order chi connectivity index (χ0) is 27.8. The van der Waals surface area contributed by atoms with Gasteiger partial charge in [0.25, 0.3) is 0 Å². The highest BCUT2D eigenvalue weighted by Gasteiger charge is 2.40. The van der Waals surface area contributed by atoms with E-state index in [9.17, 15) is 23.2 Å². The Morgan fingerprint density at radius 3 is 2.54 bits per heavy atom. The van der Waals surface area contributed by atoms with Crippen LogP contribution in [0.15, 0.2) is 66.9 Å². The van der Waals surface area contributed by atoms with E-state index in [1.165, 1.54) is 24.0 Å². The third kappa shape index (κ3) is 5.16. The lowest BCUT2D eigenvalue weighted by molar-refractivity contribution is -0.137. The number of benzene rings is 3. The zero-order valence-corrected chi connectivity index (χ0v) is 22.1. The number of alkyl halides is 1. The molecule has 4 aromatic rings. The maximum absolute atomic E-state index is 14.9. The van der Waals surface area contributed by atoms with Crippen LogP contribution in [-0.2, 0) is 16.1 Å². The number of aromatic nitrogens is 1. The van der Waals surface area contributed by atoms with Crippen LogP contribution in [0.25, 0.3) is 22.0 Å². The summed E-state index contributed by atoms with van der Waals surface area (Å²) < 4.78 is 31.2. The second kappa shape index (κ2) is 10.6. The summed E-state index contributed by atoms with van der Waals surface area (Å²) in [7, 11) is 0. The molecule has 0 spiro atoms. The van der Waals surface area contributed by atoms with E-state index in [4.69, 9.17) is 11.6 Å². The number of amides is 2. The molecule has 9 heteroatoms. The van der Waals surface area contributed by atoms with Crippen LogP contribution in [0.4, 0.5) is 14.5 Å². The number of hydrogen-bond donors (Lipinski definition) is 1. The summed E-state index contributed by atoms with van der Waals surface area (Å²) in [5.41, 5.74) is 2.93. The normalized spacial score (nSPS) is 17.0. The van der Waals surface area contributed by atoms with Gasteiger partial charge in [0.05, 0.1) is 12.2 Å². The number of Topliss-reactive ketones (excluding diaryl/α,β-unsaturated/α-hetero) is 1. The first-order chi connectivity index (χ1) is 18.6. The molecule has 0 saturated carbocycles. The SMILES string of the molecule is CC(=O)c1cn(CC(=O)N2C[C@H](F)C[C@H]2C(=O)Nc2c(F)cccc2-c2ccccc2Cl)c2ccc(C)cc12. The summed E-state index contributed by atoms with van der Waals surface area (Å²) in [5, 5.41) is 3.68. The lowest BCUT2D eigenvalue weighted by Gasteiger charge is -2.24. The van der Waals surface area contributed by atoms with Gasteiger partial charge in [-0.05, 0) is 38.1 Å². The fourth-order valence-corrected chi connectivity index (χ4v) is 5.37. The van der Waals surface area contributed by atoms with Crippen LogP contribution in [0, 0.1) is 12.7 Å². The van der Waals surface area contributed by atoms with Crippen LogP contribution in [0.1, 0.15) is 29.3 Å². The van der Waals surface area contributed by atoms with Crippen LogP contribution < -0.4 is 5.32 Å². The zero-order valence-electron chi connectivity index (χ0n) is 21.4. The highest BCUT2D eigenvalue weighted by Crippen LogP contribution is 2.35. The lowest BCUT2D eigenvalue weighted by atomic mass is 10.0. The van der Waals surface area contributed by atoms with Crippen LogP contribution in [0.5, 0.6) is 0 Å². The average Bonchev–Trinajstić information content (AvgIpc) is 3.46. The van der Waals surface area contributed by atoms with E-state index in [1.807, 2.05) is 25.1 Å². The highest BCUT2D eigenvalue weighted by molar-refractivity contribution is 6.33. The lowest BCUT2D eigenvalue weighted by Crippen LogP contribution is -2.44. The third-order valence-corrected chi connectivity index (χ3v) is 7.35. The van der Waals surface area contributed by atoms with Crippen molar-refractivity contribution in [1.82, 2.24) is 9.47 Å². The topological polar surface area (TPSA) is 71.4 Å². The van der Waals surface area contributed by atoms with Gasteiger partial charge in [-0.2, -0.15) is 0 Å². The van der Waals surface area contributed by atoms with Crippen molar-refractivity contribution >= 4 is 45.8 Å². The molecule has 0 bridgehead atoms. The number of para-hydroxylation sites is 1. The van der Waals surface area contributed by atoms with Gasteiger partial charge in [0, 0.05) is 45.2 Å². The summed E-state index contributed by atoms with van der Waals surface area (Å²) in [6.45, 7) is 2.92. The minimum absolute atomic E-state index is 0.0943. The molecule has 6 nitrogen and oxygen atoms in total. The Labute approximate surface area is 229 Å². The Kier molecular flexibility index (Phi) is 7.23. The Bertz CT molecular complexity index is 1620. The smallest absolute Gasteiger partial charge is 0.247 e. The molecule has 1 saturated heterocycles. The molecule has 1 aliphatic rings. The molecule has 2 amide bonds. The van der Waals surface area contributed by atoms with Crippen molar-refractivity contribution in [2.24, 2.45) is 0 Å². The van der Waals surface area contributed by atoms with Crippen molar-refractivity contribution in [3.63, 3.8) is 0 Å². The third-order valence-electron chi connectivity index (χ3n) is 7.02. The number of rotatable bonds is 6. The fourth-order valence-electron chi connectivity index (χ4n) is 5.13. The predicted octanol–water partition coefficient (Wildman–Crippen LogP) is 6.19. The number of aryl methyl sites for hydroxylation is 1. The van der Waals surface area contributed by atoms with Gasteiger partial charge in [-0.25, -0.2) is 8.78 Å². The Morgan fingerprint density at radius 2 is 1.79 bits per heavy atom. The van der Waals surface area contributed by atoms with Crippen molar-refractivity contribution in [2.75, 3.05) is 11.9 Å². The van der Waals surface area contributed by atoms with Crippen LogP contribution in [0.2, 0.25) is 5.02 Å². The maximum Gasteiger partial charge on any atom is 0.247 e. The molecule has 0 unspecified atom stereocenters. The first-order valence-electron chi connectivity index (χ1n) is 12.5. The minimum atomic E-state index is -1.41. The second-order valence-corrected chi connectivity index (χ2v) is 10.2. The standard InChI is InChI=1S/C30H26ClF2N3O3/c1-17-10-11-26-22(12-17)23(18(2)37)15-35(26)16-28(38)36-14-19(32)13-27(36)30(39)34-29-21(7-5-9-25(29)33)20-6-3-4-8-24(20)31/h3-12,15,19,27H,13-14,16H2,1-2H3,(H,34,39)/t19-,27+/m1/s1. The Balaban J connectivity index is 1.42. The van der Waals surface area contributed by atoms with Crippen molar-refractivity contribution in [2.45, 2.75) is 39.0 Å². The molecule has 2 heterocycles. The molecule has 3 aromatic carbocycles. The second-order valence-electron chi connectivity index (χ2n) is 9.77. The maximum atomic E-state index is 14.9. The van der Waals surface area contributed by atoms with Gasteiger partial charge < -0.3 is 14.8 Å². The van der Waals surface area contributed by atoms with E-state index in [1.54, 1.807) is 41.1 Å². The number of nitrogens with one attached hydrogen (secondary N) is 1. The predicted molar refractivity (Wildman–Crippen MR) is 147 cm³/mol. The van der Waals surface area contributed by atoms with Gasteiger partial charge >= 0.3 is 0 Å².